The fraction of sp³-hybridized carbons (Fsp3) is 0.346. The van der Waals surface area contributed by atoms with Gasteiger partial charge in [-0.15, -0.1) is 0 Å². The van der Waals surface area contributed by atoms with Crippen molar-refractivity contribution in [1.82, 2.24) is 16.0 Å². The number of carbonyl (C=O) groups is 3. The third kappa shape index (κ3) is 7.30. The summed E-state index contributed by atoms with van der Waals surface area (Å²) in [5, 5.41) is 30.3. The maximum atomic E-state index is 12.7. The zero-order valence-electron chi connectivity index (χ0n) is 20.5. The predicted octanol–water partition coefficient (Wildman–Crippen LogP) is 2.29. The molecule has 10 heteroatoms. The van der Waals surface area contributed by atoms with Crippen molar-refractivity contribution in [1.29, 1.82) is 5.26 Å². The number of carboxylic acid groups (broad SMARTS) is 1. The second-order valence-electron chi connectivity index (χ2n) is 9.47. The van der Waals surface area contributed by atoms with Crippen molar-refractivity contribution in [2.45, 2.75) is 38.6 Å². The monoisotopic (exact) mass is 490 g/mol. The molecule has 0 aromatic heterocycles. The molecule has 2 aromatic carbocycles. The number of nitrogens with zero attached hydrogens (tertiary/aromatic N) is 2. The minimum absolute atomic E-state index is 0.281. The van der Waals surface area contributed by atoms with Crippen LogP contribution in [0.15, 0.2) is 47.5 Å². The Hall–Kier alpha value is -4.39. The molecule has 1 atom stereocenters. The van der Waals surface area contributed by atoms with E-state index in [0.29, 0.717) is 34.9 Å². The van der Waals surface area contributed by atoms with Gasteiger partial charge >= 0.3 is 5.97 Å². The Morgan fingerprint density at radius 1 is 1.19 bits per heavy atom. The first-order chi connectivity index (χ1) is 17.0. The minimum Gasteiger partial charge on any atom is -0.481 e. The number of benzene rings is 2. The second-order valence-corrected chi connectivity index (χ2v) is 9.47. The molecule has 0 fully saturated rings. The molecular weight excluding hydrogens is 460 g/mol. The lowest BCUT2D eigenvalue weighted by atomic mass is 9.84. The Morgan fingerprint density at radius 3 is 2.61 bits per heavy atom. The van der Waals surface area contributed by atoms with E-state index in [1.54, 1.807) is 42.5 Å². The Bertz CT molecular complexity index is 1230. The third-order valence-electron chi connectivity index (χ3n) is 5.54. The Morgan fingerprint density at radius 2 is 1.97 bits per heavy atom. The first kappa shape index (κ1) is 26.2. The molecule has 1 aliphatic rings. The van der Waals surface area contributed by atoms with Crippen molar-refractivity contribution in [3.05, 3.63) is 64.7 Å². The Labute approximate surface area is 209 Å². The van der Waals surface area contributed by atoms with E-state index in [9.17, 15) is 24.8 Å². The van der Waals surface area contributed by atoms with Gasteiger partial charge in [0.2, 0.25) is 5.91 Å². The molecule has 2 amide bonds. The van der Waals surface area contributed by atoms with Crippen LogP contribution in [-0.4, -0.2) is 48.5 Å². The van der Waals surface area contributed by atoms with Crippen LogP contribution in [0.1, 0.15) is 60.3 Å². The summed E-state index contributed by atoms with van der Waals surface area (Å²) in [6.45, 7) is 7.03. The number of anilines is 1. The number of hydrogen-bond acceptors (Lipinski definition) is 7. The van der Waals surface area contributed by atoms with Crippen molar-refractivity contribution in [2.24, 2.45) is 4.99 Å². The van der Waals surface area contributed by atoms with Crippen LogP contribution in [0, 0.1) is 11.3 Å². The zero-order valence-corrected chi connectivity index (χ0v) is 20.5. The van der Waals surface area contributed by atoms with Crippen LogP contribution < -0.4 is 21.3 Å². The van der Waals surface area contributed by atoms with Crippen LogP contribution in [0.3, 0.4) is 0 Å². The van der Waals surface area contributed by atoms with E-state index in [-0.39, 0.29) is 18.4 Å². The van der Waals surface area contributed by atoms with Gasteiger partial charge in [-0.25, -0.2) is 0 Å². The number of aliphatic imine (C=N–C) groups is 1. The lowest BCUT2D eigenvalue weighted by molar-refractivity contribution is -0.137. The van der Waals surface area contributed by atoms with Crippen LogP contribution in [0.25, 0.3) is 0 Å². The predicted molar refractivity (Wildman–Crippen MR) is 136 cm³/mol. The quantitative estimate of drug-likeness (QED) is 0.380. The number of carbonyl (C=O) groups excluding carboxylic acids is 2. The van der Waals surface area contributed by atoms with Gasteiger partial charge < -0.3 is 26.4 Å². The lowest BCUT2D eigenvalue weighted by Crippen LogP contribution is -2.39. The van der Waals surface area contributed by atoms with Gasteiger partial charge in [0.25, 0.3) is 5.91 Å². The highest BCUT2D eigenvalue weighted by molar-refractivity contribution is 5.99. The molecule has 1 aliphatic heterocycles. The average Bonchev–Trinajstić information content (AvgIpc) is 3.34. The van der Waals surface area contributed by atoms with Crippen LogP contribution >= 0.6 is 0 Å². The Balaban J connectivity index is 1.68. The summed E-state index contributed by atoms with van der Waals surface area (Å²) in [4.78, 5) is 41.0. The third-order valence-corrected chi connectivity index (χ3v) is 5.54. The number of nitriles is 1. The summed E-state index contributed by atoms with van der Waals surface area (Å²) in [6, 6.07) is 13.1. The van der Waals surface area contributed by atoms with Gasteiger partial charge in [0.1, 0.15) is 0 Å². The van der Waals surface area contributed by atoms with E-state index in [1.165, 1.54) is 0 Å². The largest absolute Gasteiger partial charge is 0.481 e. The van der Waals surface area contributed by atoms with Crippen LogP contribution in [0.4, 0.5) is 5.69 Å². The first-order valence-electron chi connectivity index (χ1n) is 11.6. The normalized spacial score (nSPS) is 13.6. The highest BCUT2D eigenvalue weighted by Gasteiger charge is 2.22. The van der Waals surface area contributed by atoms with E-state index in [4.69, 9.17) is 0 Å². The van der Waals surface area contributed by atoms with Crippen molar-refractivity contribution in [3.8, 4) is 6.07 Å². The topological polar surface area (TPSA) is 156 Å². The highest BCUT2D eigenvalue weighted by Crippen LogP contribution is 2.28. The van der Waals surface area contributed by atoms with Crippen molar-refractivity contribution >= 4 is 29.4 Å². The van der Waals surface area contributed by atoms with E-state index in [0.717, 1.165) is 12.1 Å². The number of amides is 2. The van der Waals surface area contributed by atoms with Gasteiger partial charge in [0, 0.05) is 17.8 Å². The van der Waals surface area contributed by atoms with Gasteiger partial charge in [0.05, 0.1) is 37.2 Å². The zero-order chi connectivity index (χ0) is 26.3. The summed E-state index contributed by atoms with van der Waals surface area (Å²) in [6.07, 6.45) is -0.371. The molecule has 1 unspecified atom stereocenters. The molecule has 36 heavy (non-hydrogen) atoms. The molecule has 188 valence electrons. The van der Waals surface area contributed by atoms with E-state index >= 15 is 0 Å². The maximum Gasteiger partial charge on any atom is 0.305 e. The maximum absolute atomic E-state index is 12.7. The van der Waals surface area contributed by atoms with Gasteiger partial charge in [-0.2, -0.15) is 5.26 Å². The van der Waals surface area contributed by atoms with Gasteiger partial charge in [-0.1, -0.05) is 32.9 Å². The number of nitrogens with one attached hydrogen (secondary N) is 4. The van der Waals surface area contributed by atoms with E-state index < -0.39 is 23.8 Å². The Kier molecular flexibility index (Phi) is 8.27. The van der Waals surface area contributed by atoms with Crippen molar-refractivity contribution < 1.29 is 19.5 Å². The molecule has 10 nitrogen and oxygen atoms in total. The summed E-state index contributed by atoms with van der Waals surface area (Å²) in [5.41, 5.74) is 2.49. The van der Waals surface area contributed by atoms with Gasteiger partial charge in [-0.05, 0) is 46.9 Å². The minimum atomic E-state index is -1.10. The summed E-state index contributed by atoms with van der Waals surface area (Å²) in [5.74, 6) is -1.47. The summed E-state index contributed by atoms with van der Waals surface area (Å²) in [7, 11) is 0. The molecule has 0 saturated carbocycles. The fourth-order valence-electron chi connectivity index (χ4n) is 3.64. The van der Waals surface area contributed by atoms with Crippen molar-refractivity contribution in [2.75, 3.05) is 25.0 Å². The number of carboxylic acids is 1. The molecule has 0 bridgehead atoms. The van der Waals surface area contributed by atoms with Gasteiger partial charge in [0.15, 0.2) is 5.96 Å². The molecule has 2 aromatic rings. The molecule has 3 rings (SSSR count). The smallest absolute Gasteiger partial charge is 0.305 e. The second kappa shape index (κ2) is 11.4. The standard InChI is InChI=1S/C26H30N6O4/c1-26(2,3)19-10-16(14-27)9-18(11-19)21(13-23(34)35)32-22(33)15-30-24(36)17-5-4-6-20(12-17)31-25-28-7-8-29-25/h4-6,9-12,21H,7-8,13,15H2,1-3H3,(H,30,36)(H,32,33)(H,34,35)(H2,28,29,31). The lowest BCUT2D eigenvalue weighted by Gasteiger charge is -2.23. The number of hydrogen-bond donors (Lipinski definition) is 5. The SMILES string of the molecule is CC(C)(C)c1cc(C#N)cc(C(CC(=O)O)NC(=O)CNC(=O)c2cccc(NC3=NCCN3)c2)c1. The van der Waals surface area contributed by atoms with Crippen LogP contribution in [0.2, 0.25) is 0 Å². The number of aliphatic carboxylic acids is 1. The van der Waals surface area contributed by atoms with Crippen LogP contribution in [-0.2, 0) is 15.0 Å². The highest BCUT2D eigenvalue weighted by atomic mass is 16.4. The number of guanidine groups is 1. The molecule has 0 radical (unpaired) electrons. The first-order valence-corrected chi connectivity index (χ1v) is 11.6. The molecular formula is C26H30N6O4. The average molecular weight is 491 g/mol. The van der Waals surface area contributed by atoms with Crippen LogP contribution in [0.5, 0.6) is 0 Å². The molecule has 0 aliphatic carbocycles. The van der Waals surface area contributed by atoms with Crippen molar-refractivity contribution in [3.63, 3.8) is 0 Å². The van der Waals surface area contributed by atoms with E-state index in [2.05, 4.69) is 32.3 Å². The fourth-order valence-corrected chi connectivity index (χ4v) is 3.64. The summed E-state index contributed by atoms with van der Waals surface area (Å²) >= 11 is 0. The molecule has 0 saturated heterocycles. The summed E-state index contributed by atoms with van der Waals surface area (Å²) < 4.78 is 0. The molecule has 0 spiro atoms. The van der Waals surface area contributed by atoms with Gasteiger partial charge in [-0.3, -0.25) is 19.4 Å². The molecule has 5 N–H and O–H groups in total. The van der Waals surface area contributed by atoms with E-state index in [1.807, 2.05) is 20.8 Å². The molecule has 1 heterocycles. The number of rotatable bonds is 8.